The zero-order chi connectivity index (χ0) is 10.1. The van der Waals surface area contributed by atoms with Crippen LogP contribution in [-0.2, 0) is 5.92 Å². The van der Waals surface area contributed by atoms with Gasteiger partial charge in [0.15, 0.2) is 0 Å². The number of halogens is 3. The molecule has 72 valence electrons. The Hall–Kier alpha value is -0.440. The average molecular weight is 249 g/mol. The van der Waals surface area contributed by atoms with Crippen LogP contribution in [0.2, 0.25) is 0 Å². The molecule has 1 aromatic rings. The second-order valence-corrected chi connectivity index (χ2v) is 4.20. The van der Waals surface area contributed by atoms with Gasteiger partial charge in [0.1, 0.15) is 0 Å². The maximum Gasteiger partial charge on any atom is 0.275 e. The molecule has 1 aromatic carbocycles. The van der Waals surface area contributed by atoms with Gasteiger partial charge in [-0.1, -0.05) is 41.9 Å². The molecule has 0 aliphatic heterocycles. The lowest BCUT2D eigenvalue weighted by molar-refractivity contribution is -0.0513. The lowest BCUT2D eigenvalue weighted by Crippen LogP contribution is -2.20. The molecule has 1 rings (SSSR count). The van der Waals surface area contributed by atoms with Gasteiger partial charge >= 0.3 is 0 Å². The third-order valence-corrected chi connectivity index (χ3v) is 2.48. The van der Waals surface area contributed by atoms with Gasteiger partial charge in [-0.25, -0.2) is 8.78 Å². The molecule has 0 aliphatic rings. The van der Waals surface area contributed by atoms with E-state index in [1.54, 1.807) is 12.1 Å². The summed E-state index contributed by atoms with van der Waals surface area (Å²) in [6.45, 7) is 3.03. The molecule has 0 unspecified atom stereocenters. The quantitative estimate of drug-likeness (QED) is 0.736. The summed E-state index contributed by atoms with van der Waals surface area (Å²) in [5.74, 6) is -3.41. The van der Waals surface area contributed by atoms with Crippen LogP contribution in [0.5, 0.6) is 0 Å². The Labute approximate surface area is 85.1 Å². The van der Waals surface area contributed by atoms with Gasteiger partial charge in [-0.3, -0.25) is 0 Å². The fourth-order valence-corrected chi connectivity index (χ4v) is 1.27. The van der Waals surface area contributed by atoms with E-state index in [0.29, 0.717) is 0 Å². The van der Waals surface area contributed by atoms with Crippen LogP contribution >= 0.6 is 15.9 Å². The van der Waals surface area contributed by atoms with Crippen molar-refractivity contribution in [2.75, 3.05) is 0 Å². The molecule has 0 saturated heterocycles. The van der Waals surface area contributed by atoms with Gasteiger partial charge in [0, 0.05) is 16.0 Å². The highest BCUT2D eigenvalue weighted by Gasteiger charge is 2.35. The van der Waals surface area contributed by atoms with E-state index in [1.165, 1.54) is 26.0 Å². The minimum atomic E-state index is -2.74. The molecular formula is C10H11BrF2. The van der Waals surface area contributed by atoms with Gasteiger partial charge in [-0.15, -0.1) is 0 Å². The van der Waals surface area contributed by atoms with Crippen molar-refractivity contribution in [3.63, 3.8) is 0 Å². The summed E-state index contributed by atoms with van der Waals surface area (Å²) in [7, 11) is 0. The van der Waals surface area contributed by atoms with Crippen LogP contribution < -0.4 is 0 Å². The average Bonchev–Trinajstić information content (AvgIpc) is 2.04. The summed E-state index contributed by atoms with van der Waals surface area (Å²) in [5, 5.41) is 0. The third-order valence-electron chi connectivity index (χ3n) is 1.95. The molecule has 0 bridgehead atoms. The smallest absolute Gasteiger partial charge is 0.201 e. The first-order valence-corrected chi connectivity index (χ1v) is 4.87. The first kappa shape index (κ1) is 10.6. The van der Waals surface area contributed by atoms with E-state index in [1.807, 2.05) is 0 Å². The lowest BCUT2D eigenvalue weighted by atomic mass is 9.98. The van der Waals surface area contributed by atoms with Gasteiger partial charge in [0.2, 0.25) is 0 Å². The van der Waals surface area contributed by atoms with Crippen LogP contribution in [0.3, 0.4) is 0 Å². The maximum absolute atomic E-state index is 13.4. The van der Waals surface area contributed by atoms with Crippen molar-refractivity contribution >= 4 is 15.9 Å². The molecule has 0 heterocycles. The van der Waals surface area contributed by atoms with Crippen molar-refractivity contribution in [2.45, 2.75) is 19.8 Å². The lowest BCUT2D eigenvalue weighted by Gasteiger charge is -2.20. The Kier molecular flexibility index (Phi) is 3.06. The van der Waals surface area contributed by atoms with E-state index in [-0.39, 0.29) is 5.56 Å². The van der Waals surface area contributed by atoms with Gasteiger partial charge < -0.3 is 0 Å². The van der Waals surface area contributed by atoms with E-state index in [2.05, 4.69) is 15.9 Å². The van der Waals surface area contributed by atoms with E-state index in [0.717, 1.165) is 4.47 Å². The Bertz CT molecular complexity index is 277. The molecular weight excluding hydrogens is 238 g/mol. The predicted octanol–water partition coefficient (Wildman–Crippen LogP) is 4.20. The van der Waals surface area contributed by atoms with Crippen molar-refractivity contribution in [1.82, 2.24) is 0 Å². The molecule has 3 heteroatoms. The summed E-state index contributed by atoms with van der Waals surface area (Å²) in [6, 6.07) is 6.16. The van der Waals surface area contributed by atoms with Crippen LogP contribution in [0.1, 0.15) is 19.4 Å². The molecule has 0 saturated carbocycles. The molecule has 0 aromatic heterocycles. The Morgan fingerprint density at radius 3 is 2.00 bits per heavy atom. The summed E-state index contributed by atoms with van der Waals surface area (Å²) in [6.07, 6.45) is 0. The number of hydrogen-bond acceptors (Lipinski definition) is 0. The highest BCUT2D eigenvalue weighted by atomic mass is 79.9. The highest BCUT2D eigenvalue weighted by Crippen LogP contribution is 2.35. The van der Waals surface area contributed by atoms with Crippen molar-refractivity contribution in [2.24, 2.45) is 5.92 Å². The van der Waals surface area contributed by atoms with E-state index < -0.39 is 11.8 Å². The van der Waals surface area contributed by atoms with Crippen molar-refractivity contribution in [1.29, 1.82) is 0 Å². The maximum atomic E-state index is 13.4. The topological polar surface area (TPSA) is 0 Å². The van der Waals surface area contributed by atoms with Gasteiger partial charge in [-0.2, -0.15) is 0 Å². The normalized spacial score (nSPS) is 12.2. The van der Waals surface area contributed by atoms with Crippen molar-refractivity contribution < 1.29 is 8.78 Å². The Balaban J connectivity index is 3.01. The molecule has 13 heavy (non-hydrogen) atoms. The molecule has 0 radical (unpaired) electrons. The van der Waals surface area contributed by atoms with Gasteiger partial charge in [0.05, 0.1) is 0 Å². The van der Waals surface area contributed by atoms with Gasteiger partial charge in [-0.05, 0) is 12.1 Å². The van der Waals surface area contributed by atoms with Crippen LogP contribution in [0.15, 0.2) is 28.7 Å². The van der Waals surface area contributed by atoms with Crippen LogP contribution in [0.25, 0.3) is 0 Å². The number of benzene rings is 1. The molecule has 0 nitrogen and oxygen atoms in total. The largest absolute Gasteiger partial charge is 0.275 e. The monoisotopic (exact) mass is 248 g/mol. The minimum Gasteiger partial charge on any atom is -0.201 e. The van der Waals surface area contributed by atoms with Gasteiger partial charge in [0.25, 0.3) is 5.92 Å². The third kappa shape index (κ3) is 2.27. The number of alkyl halides is 2. The summed E-state index contributed by atoms with van der Waals surface area (Å²) < 4.78 is 27.6. The summed E-state index contributed by atoms with van der Waals surface area (Å²) in [4.78, 5) is 0. The van der Waals surface area contributed by atoms with E-state index in [9.17, 15) is 8.78 Å². The van der Waals surface area contributed by atoms with Crippen LogP contribution in [-0.4, -0.2) is 0 Å². The minimum absolute atomic E-state index is 0.0747. The fraction of sp³-hybridized carbons (Fsp3) is 0.400. The molecule has 0 spiro atoms. The highest BCUT2D eigenvalue weighted by molar-refractivity contribution is 9.10. The molecule has 0 amide bonds. The molecule has 0 fully saturated rings. The predicted molar refractivity (Wildman–Crippen MR) is 52.9 cm³/mol. The SMILES string of the molecule is CC(C)C(F)(F)c1ccc(Br)cc1. The second-order valence-electron chi connectivity index (χ2n) is 3.28. The van der Waals surface area contributed by atoms with Crippen LogP contribution in [0.4, 0.5) is 8.78 Å². The zero-order valence-corrected chi connectivity index (χ0v) is 9.11. The summed E-state index contributed by atoms with van der Waals surface area (Å²) in [5.41, 5.74) is 0.0747. The fourth-order valence-electron chi connectivity index (χ4n) is 1.01. The van der Waals surface area contributed by atoms with Crippen LogP contribution in [0, 0.1) is 5.92 Å². The van der Waals surface area contributed by atoms with Crippen molar-refractivity contribution in [3.8, 4) is 0 Å². The van der Waals surface area contributed by atoms with Crippen molar-refractivity contribution in [3.05, 3.63) is 34.3 Å². The zero-order valence-electron chi connectivity index (χ0n) is 7.52. The number of hydrogen-bond donors (Lipinski definition) is 0. The first-order chi connectivity index (χ1) is 5.94. The second kappa shape index (κ2) is 3.74. The standard InChI is InChI=1S/C10H11BrF2/c1-7(2)10(12,13)8-3-5-9(11)6-4-8/h3-7H,1-2H3. The number of rotatable bonds is 2. The van der Waals surface area contributed by atoms with E-state index >= 15 is 0 Å². The molecule has 0 atom stereocenters. The van der Waals surface area contributed by atoms with E-state index in [4.69, 9.17) is 0 Å². The Morgan fingerprint density at radius 1 is 1.15 bits per heavy atom. The first-order valence-electron chi connectivity index (χ1n) is 4.08. The summed E-state index contributed by atoms with van der Waals surface area (Å²) >= 11 is 3.20. The molecule has 0 N–H and O–H groups in total. The molecule has 0 aliphatic carbocycles. The Morgan fingerprint density at radius 2 is 1.62 bits per heavy atom.